The number of carbonyl (C=O) groups is 2. The van der Waals surface area contributed by atoms with Gasteiger partial charge < -0.3 is 24.1 Å². The van der Waals surface area contributed by atoms with Gasteiger partial charge in [0.1, 0.15) is 28.8 Å². The second-order valence-corrected chi connectivity index (χ2v) is 7.77. The molecule has 2 aliphatic rings. The Balaban J connectivity index is 2.31. The van der Waals surface area contributed by atoms with Crippen LogP contribution in [0.25, 0.3) is 0 Å². The van der Waals surface area contributed by atoms with Crippen LogP contribution in [0.4, 0.5) is 0 Å². The molecule has 2 saturated carbocycles. The number of Topliss-reactive ketones (excluding diaryl/α,β-unsaturated/α-hetero) is 1. The van der Waals surface area contributed by atoms with Crippen molar-refractivity contribution in [3.05, 3.63) is 17.7 Å². The largest absolute Gasteiger partial charge is 0.496 e. The molecule has 0 amide bonds. The molecule has 4 atom stereocenters. The maximum Gasteiger partial charge on any atom is 0.316 e. The standard InChI is InChI=1S/C21H28O7/c1-20-8-6-7-9-21(20,24)18(22)16(19(23)28-5)17(20)15-13(26-3)10-12(25-2)11-14(15)27-4/h10-11,16-17,24H,6-9H2,1-5H3/t16-,17-,20+,21+/m0/s1. The van der Waals surface area contributed by atoms with E-state index in [1.54, 1.807) is 12.1 Å². The summed E-state index contributed by atoms with van der Waals surface area (Å²) < 4.78 is 21.5. The van der Waals surface area contributed by atoms with E-state index in [1.165, 1.54) is 28.4 Å². The summed E-state index contributed by atoms with van der Waals surface area (Å²) in [6.07, 6.45) is 2.52. The minimum atomic E-state index is -1.59. The molecule has 0 heterocycles. The van der Waals surface area contributed by atoms with Gasteiger partial charge in [0.2, 0.25) is 0 Å². The van der Waals surface area contributed by atoms with E-state index in [2.05, 4.69) is 0 Å². The maximum atomic E-state index is 13.3. The molecule has 7 nitrogen and oxygen atoms in total. The van der Waals surface area contributed by atoms with Gasteiger partial charge in [0.05, 0.1) is 28.4 Å². The van der Waals surface area contributed by atoms with Crippen molar-refractivity contribution in [2.24, 2.45) is 11.3 Å². The number of esters is 1. The van der Waals surface area contributed by atoms with E-state index in [0.717, 1.165) is 12.8 Å². The Hall–Kier alpha value is -2.28. The molecule has 0 bridgehead atoms. The summed E-state index contributed by atoms with van der Waals surface area (Å²) in [6, 6.07) is 3.39. The van der Waals surface area contributed by atoms with E-state index in [0.29, 0.717) is 35.7 Å². The van der Waals surface area contributed by atoms with Crippen molar-refractivity contribution in [1.29, 1.82) is 0 Å². The first-order chi connectivity index (χ1) is 13.3. The second-order valence-electron chi connectivity index (χ2n) is 7.77. The number of hydrogen-bond acceptors (Lipinski definition) is 7. The molecule has 3 rings (SSSR count). The molecule has 7 heteroatoms. The number of carbonyl (C=O) groups excluding carboxylic acids is 2. The summed E-state index contributed by atoms with van der Waals surface area (Å²) in [7, 11) is 5.81. The number of aliphatic hydroxyl groups is 1. The predicted octanol–water partition coefficient (Wildman–Crippen LogP) is 2.48. The third-order valence-electron chi connectivity index (χ3n) is 6.66. The molecule has 2 aliphatic carbocycles. The smallest absolute Gasteiger partial charge is 0.316 e. The monoisotopic (exact) mass is 392 g/mol. The van der Waals surface area contributed by atoms with Gasteiger partial charge in [-0.2, -0.15) is 0 Å². The van der Waals surface area contributed by atoms with Crippen LogP contribution >= 0.6 is 0 Å². The normalized spacial score (nSPS) is 31.9. The zero-order chi connectivity index (χ0) is 20.7. The summed E-state index contributed by atoms with van der Waals surface area (Å²) >= 11 is 0. The van der Waals surface area contributed by atoms with Gasteiger partial charge in [-0.15, -0.1) is 0 Å². The van der Waals surface area contributed by atoms with Crippen molar-refractivity contribution in [1.82, 2.24) is 0 Å². The molecule has 0 aliphatic heterocycles. The Bertz CT molecular complexity index is 764. The van der Waals surface area contributed by atoms with Crippen molar-refractivity contribution in [3.8, 4) is 17.2 Å². The molecule has 0 spiro atoms. The summed E-state index contributed by atoms with van der Waals surface area (Å²) in [5.41, 5.74) is -1.86. The van der Waals surface area contributed by atoms with Crippen molar-refractivity contribution in [2.75, 3.05) is 28.4 Å². The molecule has 1 aromatic rings. The van der Waals surface area contributed by atoms with Gasteiger partial charge in [-0.3, -0.25) is 9.59 Å². The molecule has 1 aromatic carbocycles. The highest BCUT2D eigenvalue weighted by Gasteiger charge is 2.70. The Morgan fingerprint density at radius 2 is 1.61 bits per heavy atom. The van der Waals surface area contributed by atoms with Gasteiger partial charge in [0, 0.05) is 29.0 Å². The van der Waals surface area contributed by atoms with Crippen molar-refractivity contribution >= 4 is 11.8 Å². The number of hydrogen-bond donors (Lipinski definition) is 1. The van der Waals surface area contributed by atoms with Gasteiger partial charge in [-0.25, -0.2) is 0 Å². The molecule has 0 aromatic heterocycles. The van der Waals surface area contributed by atoms with Crippen LogP contribution in [0.2, 0.25) is 0 Å². The lowest BCUT2D eigenvalue weighted by atomic mass is 9.60. The fourth-order valence-electron chi connectivity index (χ4n) is 5.15. The third kappa shape index (κ3) is 2.67. The van der Waals surface area contributed by atoms with Crippen LogP contribution in [0.15, 0.2) is 12.1 Å². The Labute approximate surface area is 164 Å². The average Bonchev–Trinajstić information content (AvgIpc) is 2.89. The zero-order valence-corrected chi connectivity index (χ0v) is 17.0. The minimum Gasteiger partial charge on any atom is -0.496 e. The number of methoxy groups -OCH3 is 4. The molecule has 0 unspecified atom stereocenters. The molecule has 0 saturated heterocycles. The maximum absolute atomic E-state index is 13.3. The highest BCUT2D eigenvalue weighted by Crippen LogP contribution is 2.64. The molecule has 0 radical (unpaired) electrons. The number of rotatable bonds is 5. The Kier molecular flexibility index (Phi) is 5.32. The molecule has 154 valence electrons. The molecule has 28 heavy (non-hydrogen) atoms. The van der Waals surface area contributed by atoms with Crippen molar-refractivity contribution < 1.29 is 33.6 Å². The first-order valence-electron chi connectivity index (χ1n) is 9.43. The fraction of sp³-hybridized carbons (Fsp3) is 0.619. The van der Waals surface area contributed by atoms with E-state index in [9.17, 15) is 14.7 Å². The van der Waals surface area contributed by atoms with Crippen LogP contribution < -0.4 is 14.2 Å². The van der Waals surface area contributed by atoms with Gasteiger partial charge in [-0.05, 0) is 12.8 Å². The molecule has 1 N–H and O–H groups in total. The van der Waals surface area contributed by atoms with Gasteiger partial charge in [-0.1, -0.05) is 19.8 Å². The van der Waals surface area contributed by atoms with Crippen LogP contribution in [-0.2, 0) is 14.3 Å². The molecular formula is C21H28O7. The Morgan fingerprint density at radius 1 is 1.04 bits per heavy atom. The van der Waals surface area contributed by atoms with E-state index in [4.69, 9.17) is 18.9 Å². The lowest BCUT2D eigenvalue weighted by Gasteiger charge is -2.45. The number of fused-ring (bicyclic) bond motifs is 1. The van der Waals surface area contributed by atoms with E-state index in [1.807, 2.05) is 6.92 Å². The predicted molar refractivity (Wildman–Crippen MR) is 101 cm³/mol. The molecular weight excluding hydrogens is 364 g/mol. The summed E-state index contributed by atoms with van der Waals surface area (Å²) in [4.78, 5) is 26.0. The highest BCUT2D eigenvalue weighted by molar-refractivity contribution is 6.07. The van der Waals surface area contributed by atoms with Crippen LogP contribution in [0.3, 0.4) is 0 Å². The SMILES string of the molecule is COC(=O)[C@@H]1C(=O)[C@]2(O)CCCC[C@]2(C)[C@H]1c1c(OC)cc(OC)cc1OC. The van der Waals surface area contributed by atoms with Gasteiger partial charge in [0.25, 0.3) is 0 Å². The third-order valence-corrected chi connectivity index (χ3v) is 6.66. The van der Waals surface area contributed by atoms with Crippen LogP contribution in [0.1, 0.15) is 44.1 Å². The lowest BCUT2D eigenvalue weighted by molar-refractivity contribution is -0.155. The summed E-state index contributed by atoms with van der Waals surface area (Å²) in [5, 5.41) is 11.4. The van der Waals surface area contributed by atoms with Crippen LogP contribution in [-0.4, -0.2) is 50.9 Å². The first-order valence-corrected chi connectivity index (χ1v) is 9.43. The summed E-state index contributed by atoms with van der Waals surface area (Å²) in [6.45, 7) is 1.88. The van der Waals surface area contributed by atoms with Crippen LogP contribution in [0, 0.1) is 11.3 Å². The van der Waals surface area contributed by atoms with E-state index in [-0.39, 0.29) is 0 Å². The van der Waals surface area contributed by atoms with Crippen molar-refractivity contribution in [2.45, 2.75) is 44.1 Å². The number of ketones is 1. The summed E-state index contributed by atoms with van der Waals surface area (Å²) in [5.74, 6) is -1.49. The van der Waals surface area contributed by atoms with Gasteiger partial charge in [0.15, 0.2) is 5.78 Å². The minimum absolute atomic E-state index is 0.327. The first kappa shape index (κ1) is 20.5. The number of ether oxygens (including phenoxy) is 4. The number of benzene rings is 1. The van der Waals surface area contributed by atoms with Gasteiger partial charge >= 0.3 is 5.97 Å². The topological polar surface area (TPSA) is 91.3 Å². The molecule has 2 fully saturated rings. The average molecular weight is 392 g/mol. The van der Waals surface area contributed by atoms with E-state index < -0.39 is 34.6 Å². The second kappa shape index (κ2) is 7.28. The Morgan fingerprint density at radius 3 is 2.11 bits per heavy atom. The highest BCUT2D eigenvalue weighted by atomic mass is 16.5. The fourth-order valence-corrected chi connectivity index (χ4v) is 5.15. The van der Waals surface area contributed by atoms with E-state index >= 15 is 0 Å². The zero-order valence-electron chi connectivity index (χ0n) is 17.0. The van der Waals surface area contributed by atoms with Crippen LogP contribution in [0.5, 0.6) is 17.2 Å². The van der Waals surface area contributed by atoms with Crippen molar-refractivity contribution in [3.63, 3.8) is 0 Å². The lowest BCUT2D eigenvalue weighted by Crippen LogP contribution is -2.51. The quantitative estimate of drug-likeness (QED) is 0.608.